The first kappa shape index (κ1) is 19.9. The molecule has 0 aliphatic rings. The molecule has 21 heavy (non-hydrogen) atoms. The van der Waals surface area contributed by atoms with Gasteiger partial charge in [0.1, 0.15) is 5.60 Å². The second-order valence-electron chi connectivity index (χ2n) is 7.81. The molecule has 0 aliphatic carbocycles. The molecule has 0 fully saturated rings. The third kappa shape index (κ3) is 6.96. The number of carbonyl (C=O) groups is 2. The van der Waals surface area contributed by atoms with E-state index in [4.69, 9.17) is 9.84 Å². The molecule has 1 N–H and O–H groups in total. The number of rotatable bonds is 8. The molecule has 0 atom stereocenters. The van der Waals surface area contributed by atoms with Gasteiger partial charge in [-0.15, -0.1) is 0 Å². The van der Waals surface area contributed by atoms with Crippen LogP contribution in [-0.2, 0) is 14.3 Å². The van der Waals surface area contributed by atoms with Crippen molar-refractivity contribution in [2.45, 2.75) is 79.8 Å². The maximum atomic E-state index is 12.1. The minimum Gasteiger partial charge on any atom is -0.481 e. The Labute approximate surface area is 129 Å². The van der Waals surface area contributed by atoms with Gasteiger partial charge in [0.05, 0.1) is 12.8 Å². The molecule has 0 amide bonds. The lowest BCUT2D eigenvalue weighted by Gasteiger charge is -2.46. The number of hydrogen-bond acceptors (Lipinski definition) is 3. The lowest BCUT2D eigenvalue weighted by atomic mass is 9.68. The summed E-state index contributed by atoms with van der Waals surface area (Å²) >= 11 is 0. The van der Waals surface area contributed by atoms with Gasteiger partial charge in [-0.3, -0.25) is 9.59 Å². The highest BCUT2D eigenvalue weighted by molar-refractivity contribution is 5.76. The van der Waals surface area contributed by atoms with E-state index in [1.54, 1.807) is 0 Å². The minimum atomic E-state index is -0.971. The normalized spacial score (nSPS) is 12.8. The van der Waals surface area contributed by atoms with Crippen molar-refractivity contribution in [2.24, 2.45) is 17.3 Å². The van der Waals surface area contributed by atoms with Crippen LogP contribution in [0, 0.1) is 17.3 Å². The maximum Gasteiger partial charge on any atom is 0.306 e. The molecule has 124 valence electrons. The highest BCUT2D eigenvalue weighted by Gasteiger charge is 2.46. The van der Waals surface area contributed by atoms with Crippen LogP contribution in [0.25, 0.3) is 0 Å². The Balaban J connectivity index is 5.25. The number of carboxylic acid groups (broad SMARTS) is 1. The number of esters is 1. The molecule has 0 radical (unpaired) electrons. The number of aliphatic carboxylic acids is 1. The summed E-state index contributed by atoms with van der Waals surface area (Å²) in [5.74, 6) is -0.583. The number of carboxylic acids is 1. The summed E-state index contributed by atoms with van der Waals surface area (Å²) in [6.07, 6.45) is 1.33. The molecule has 0 aliphatic heterocycles. The van der Waals surface area contributed by atoms with E-state index in [1.807, 2.05) is 0 Å². The van der Waals surface area contributed by atoms with Crippen molar-refractivity contribution in [3.63, 3.8) is 0 Å². The maximum absolute atomic E-state index is 12.1. The van der Waals surface area contributed by atoms with Crippen molar-refractivity contribution >= 4 is 11.9 Å². The first-order valence-corrected chi connectivity index (χ1v) is 7.83. The second kappa shape index (κ2) is 7.81. The molecular formula is C17H32O4. The molecule has 0 saturated carbocycles. The highest BCUT2D eigenvalue weighted by atomic mass is 16.6. The van der Waals surface area contributed by atoms with E-state index in [9.17, 15) is 9.59 Å². The summed E-state index contributed by atoms with van der Waals surface area (Å²) in [4.78, 5) is 22.7. The largest absolute Gasteiger partial charge is 0.481 e. The minimum absolute atomic E-state index is 0.0661. The standard InChI is InChI=1S/C17H32O4/c1-12(2)10-17(11-13(3)4,16(5,6)7)21-15(20)9-8-14(18)19/h12-13H,8-11H2,1-7H3,(H,18,19). The molecule has 0 unspecified atom stereocenters. The van der Waals surface area contributed by atoms with Gasteiger partial charge in [0, 0.05) is 5.41 Å². The van der Waals surface area contributed by atoms with Crippen LogP contribution in [0.2, 0.25) is 0 Å². The molecule has 0 aromatic carbocycles. The summed E-state index contributed by atoms with van der Waals surface area (Å²) in [5.41, 5.74) is -0.745. The zero-order valence-electron chi connectivity index (χ0n) is 14.7. The predicted molar refractivity (Wildman–Crippen MR) is 84.1 cm³/mol. The van der Waals surface area contributed by atoms with Crippen molar-refractivity contribution in [1.82, 2.24) is 0 Å². The molecule has 4 nitrogen and oxygen atoms in total. The third-order valence-corrected chi connectivity index (χ3v) is 3.70. The molecule has 0 aromatic rings. The van der Waals surface area contributed by atoms with Crippen LogP contribution in [0.5, 0.6) is 0 Å². The third-order valence-electron chi connectivity index (χ3n) is 3.70. The fourth-order valence-corrected chi connectivity index (χ4v) is 2.73. The van der Waals surface area contributed by atoms with Crippen LogP contribution < -0.4 is 0 Å². The lowest BCUT2D eigenvalue weighted by molar-refractivity contribution is -0.181. The van der Waals surface area contributed by atoms with Gasteiger partial charge in [0.2, 0.25) is 0 Å². The van der Waals surface area contributed by atoms with Crippen LogP contribution in [-0.4, -0.2) is 22.6 Å². The summed E-state index contributed by atoms with van der Waals surface area (Å²) < 4.78 is 5.87. The Morgan fingerprint density at radius 1 is 0.952 bits per heavy atom. The predicted octanol–water partition coefficient (Wildman–Crippen LogP) is 4.27. The summed E-state index contributed by atoms with van der Waals surface area (Å²) in [6, 6.07) is 0. The van der Waals surface area contributed by atoms with Crippen LogP contribution in [0.3, 0.4) is 0 Å². The van der Waals surface area contributed by atoms with Crippen LogP contribution in [0.1, 0.15) is 74.1 Å². The summed E-state index contributed by atoms with van der Waals surface area (Å²) in [6.45, 7) is 14.7. The lowest BCUT2D eigenvalue weighted by Crippen LogP contribution is -2.49. The number of hydrogen-bond donors (Lipinski definition) is 1. The summed E-state index contributed by atoms with van der Waals surface area (Å²) in [7, 11) is 0. The first-order chi connectivity index (χ1) is 9.39. The quantitative estimate of drug-likeness (QED) is 0.680. The van der Waals surface area contributed by atoms with E-state index in [-0.39, 0.29) is 18.3 Å². The SMILES string of the molecule is CC(C)CC(CC(C)C)(OC(=O)CCC(=O)O)C(C)(C)C. The molecule has 0 spiro atoms. The van der Waals surface area contributed by atoms with Gasteiger partial charge in [-0.25, -0.2) is 0 Å². The van der Waals surface area contributed by atoms with Crippen molar-refractivity contribution in [1.29, 1.82) is 0 Å². The zero-order chi connectivity index (χ0) is 16.8. The smallest absolute Gasteiger partial charge is 0.306 e. The van der Waals surface area contributed by atoms with Crippen molar-refractivity contribution < 1.29 is 19.4 Å². The van der Waals surface area contributed by atoms with Crippen LogP contribution in [0.15, 0.2) is 0 Å². The Kier molecular flexibility index (Phi) is 7.41. The van der Waals surface area contributed by atoms with E-state index in [0.717, 1.165) is 12.8 Å². The fraction of sp³-hybridized carbons (Fsp3) is 0.882. The van der Waals surface area contributed by atoms with E-state index < -0.39 is 17.5 Å². The van der Waals surface area contributed by atoms with Crippen molar-refractivity contribution in [3.8, 4) is 0 Å². The molecule has 0 bridgehead atoms. The van der Waals surface area contributed by atoms with Gasteiger partial charge in [-0.2, -0.15) is 0 Å². The molecule has 0 saturated heterocycles. The Hall–Kier alpha value is -1.06. The number of carbonyl (C=O) groups excluding carboxylic acids is 1. The Morgan fingerprint density at radius 2 is 1.38 bits per heavy atom. The molecular weight excluding hydrogens is 268 g/mol. The van der Waals surface area contributed by atoms with E-state index >= 15 is 0 Å². The average molecular weight is 300 g/mol. The number of ether oxygens (including phenoxy) is 1. The van der Waals surface area contributed by atoms with Crippen molar-refractivity contribution in [3.05, 3.63) is 0 Å². The van der Waals surface area contributed by atoms with Gasteiger partial charge in [0.15, 0.2) is 0 Å². The van der Waals surface area contributed by atoms with Gasteiger partial charge < -0.3 is 9.84 Å². The van der Waals surface area contributed by atoms with E-state index in [1.165, 1.54) is 0 Å². The van der Waals surface area contributed by atoms with E-state index in [0.29, 0.717) is 11.8 Å². The van der Waals surface area contributed by atoms with Gasteiger partial charge in [0.25, 0.3) is 0 Å². The van der Waals surface area contributed by atoms with Gasteiger partial charge >= 0.3 is 11.9 Å². The first-order valence-electron chi connectivity index (χ1n) is 7.83. The average Bonchev–Trinajstić information content (AvgIpc) is 2.22. The zero-order valence-corrected chi connectivity index (χ0v) is 14.7. The van der Waals surface area contributed by atoms with Crippen molar-refractivity contribution in [2.75, 3.05) is 0 Å². The molecule has 0 aromatic heterocycles. The molecule has 4 heteroatoms. The Bertz CT molecular complexity index is 340. The van der Waals surface area contributed by atoms with Gasteiger partial charge in [-0.05, 0) is 24.7 Å². The second-order valence-corrected chi connectivity index (χ2v) is 7.81. The van der Waals surface area contributed by atoms with E-state index in [2.05, 4.69) is 48.5 Å². The van der Waals surface area contributed by atoms with Crippen LogP contribution in [0.4, 0.5) is 0 Å². The van der Waals surface area contributed by atoms with Crippen LogP contribution >= 0.6 is 0 Å². The Morgan fingerprint density at radius 3 is 1.67 bits per heavy atom. The fourth-order valence-electron chi connectivity index (χ4n) is 2.73. The highest BCUT2D eigenvalue weighted by Crippen LogP contribution is 2.43. The molecule has 0 heterocycles. The monoisotopic (exact) mass is 300 g/mol. The van der Waals surface area contributed by atoms with Gasteiger partial charge in [-0.1, -0.05) is 48.5 Å². The molecule has 0 rings (SSSR count). The summed E-state index contributed by atoms with van der Waals surface area (Å²) in [5, 5.41) is 8.70. The topological polar surface area (TPSA) is 63.6 Å².